The van der Waals surface area contributed by atoms with Crippen molar-refractivity contribution in [1.29, 1.82) is 0 Å². The first-order valence-electron chi connectivity index (χ1n) is 7.92. The number of carbonyl (C=O) groups is 1. The molecule has 0 unspecified atom stereocenters. The fourth-order valence-corrected chi connectivity index (χ4v) is 2.77. The molecule has 150 valence electrons. The van der Waals surface area contributed by atoms with Crippen molar-refractivity contribution in [3.63, 3.8) is 0 Å². The molecule has 1 N–H and O–H groups in total. The number of hydrogen-bond donors (Lipinski definition) is 1. The number of amides is 1. The number of nitro benzene ring substituents is 1. The number of rotatable bonds is 7. The number of ether oxygens (including phenoxy) is 2. The van der Waals surface area contributed by atoms with Gasteiger partial charge in [-0.2, -0.15) is 0 Å². The van der Waals surface area contributed by atoms with E-state index in [1.807, 2.05) is 0 Å². The van der Waals surface area contributed by atoms with E-state index in [4.69, 9.17) is 9.47 Å². The van der Waals surface area contributed by atoms with Crippen LogP contribution in [0.15, 0.2) is 42.5 Å². The molecule has 0 saturated carbocycles. The van der Waals surface area contributed by atoms with E-state index < -0.39 is 21.0 Å². The van der Waals surface area contributed by atoms with Crippen molar-refractivity contribution in [2.75, 3.05) is 24.7 Å². The number of nitro groups is 1. The van der Waals surface area contributed by atoms with Crippen LogP contribution in [0.3, 0.4) is 0 Å². The largest absolute Gasteiger partial charge is 0.497 e. The summed E-state index contributed by atoms with van der Waals surface area (Å²) in [4.78, 5) is 22.0. The van der Waals surface area contributed by atoms with Crippen LogP contribution in [-0.4, -0.2) is 39.8 Å². The molecule has 0 bridgehead atoms. The predicted octanol–water partition coefficient (Wildman–Crippen LogP) is 2.29. The first-order valence-corrected chi connectivity index (χ1v) is 9.77. The number of nitrogens with zero attached hydrogens (tertiary/aromatic N) is 2. The zero-order chi connectivity index (χ0) is 20.9. The third-order valence-corrected chi connectivity index (χ3v) is 5.00. The van der Waals surface area contributed by atoms with Crippen molar-refractivity contribution < 1.29 is 27.6 Å². The van der Waals surface area contributed by atoms with E-state index in [1.165, 1.54) is 38.4 Å². The maximum absolute atomic E-state index is 12.0. The molecule has 2 aromatic carbocycles. The minimum atomic E-state index is -3.52. The van der Waals surface area contributed by atoms with Crippen LogP contribution >= 0.6 is 0 Å². The van der Waals surface area contributed by atoms with Gasteiger partial charge in [0.15, 0.2) is 0 Å². The Kier molecular flexibility index (Phi) is 6.41. The Labute approximate surface area is 161 Å². The lowest BCUT2D eigenvalue weighted by molar-refractivity contribution is -0.384. The number of benzene rings is 2. The fraction of sp³-hybridized carbons (Fsp3) is 0.235. The van der Waals surface area contributed by atoms with Gasteiger partial charge in [0.1, 0.15) is 11.5 Å². The molecule has 0 aromatic heterocycles. The lowest BCUT2D eigenvalue weighted by atomic mass is 10.1. The zero-order valence-electron chi connectivity index (χ0n) is 15.4. The number of carbonyl (C=O) groups excluding carboxylic acids is 1. The van der Waals surface area contributed by atoms with Gasteiger partial charge in [-0.15, -0.1) is 0 Å². The van der Waals surface area contributed by atoms with Gasteiger partial charge in [-0.05, 0) is 23.8 Å². The summed E-state index contributed by atoms with van der Waals surface area (Å²) in [7, 11) is -0.674. The fourth-order valence-electron chi connectivity index (χ4n) is 2.24. The normalized spacial score (nSPS) is 10.8. The van der Waals surface area contributed by atoms with Crippen molar-refractivity contribution in [1.82, 2.24) is 5.32 Å². The number of nitrogens with one attached hydrogen (secondary N) is 1. The Morgan fingerprint density at radius 1 is 1.18 bits per heavy atom. The second-order valence-corrected chi connectivity index (χ2v) is 7.73. The quantitative estimate of drug-likeness (QED) is 0.549. The molecule has 0 aliphatic heterocycles. The average Bonchev–Trinajstić information content (AvgIpc) is 2.65. The van der Waals surface area contributed by atoms with Gasteiger partial charge in [0.25, 0.3) is 5.69 Å². The molecule has 0 radical (unpaired) electrons. The van der Waals surface area contributed by atoms with Gasteiger partial charge in [0, 0.05) is 31.8 Å². The van der Waals surface area contributed by atoms with E-state index in [2.05, 4.69) is 5.32 Å². The van der Waals surface area contributed by atoms with Crippen LogP contribution in [0.4, 0.5) is 16.2 Å². The number of sulfonamides is 1. The van der Waals surface area contributed by atoms with E-state index in [-0.39, 0.29) is 18.0 Å². The summed E-state index contributed by atoms with van der Waals surface area (Å²) in [6.07, 6.45) is 0.268. The summed E-state index contributed by atoms with van der Waals surface area (Å²) in [6.45, 7) is -0.00893. The van der Waals surface area contributed by atoms with Crippen LogP contribution < -0.4 is 19.1 Å². The molecule has 0 aliphatic rings. The van der Waals surface area contributed by atoms with E-state index in [1.54, 1.807) is 18.2 Å². The maximum Gasteiger partial charge on any atom is 0.412 e. The minimum Gasteiger partial charge on any atom is -0.497 e. The molecule has 2 aromatic rings. The lowest BCUT2D eigenvalue weighted by Crippen LogP contribution is -2.29. The van der Waals surface area contributed by atoms with Gasteiger partial charge in [0.2, 0.25) is 10.0 Å². The number of hydrogen-bond acceptors (Lipinski definition) is 7. The summed E-state index contributed by atoms with van der Waals surface area (Å²) >= 11 is 0. The SMILES string of the molecule is COc1ccc(CNC(=O)Oc2ccc([N+](=O)[O-])cc2)c(N(C)S(C)(=O)=O)c1. The van der Waals surface area contributed by atoms with Crippen molar-refractivity contribution >= 4 is 27.5 Å². The molecule has 0 fully saturated rings. The molecule has 2 rings (SSSR count). The number of anilines is 1. The summed E-state index contributed by atoms with van der Waals surface area (Å²) in [5.74, 6) is 0.592. The first-order chi connectivity index (χ1) is 13.1. The van der Waals surface area contributed by atoms with Gasteiger partial charge in [0.05, 0.1) is 24.0 Å². The highest BCUT2D eigenvalue weighted by Crippen LogP contribution is 2.27. The van der Waals surface area contributed by atoms with Gasteiger partial charge in [-0.1, -0.05) is 6.07 Å². The first kappa shape index (κ1) is 21.0. The van der Waals surface area contributed by atoms with Gasteiger partial charge in [-0.3, -0.25) is 14.4 Å². The smallest absolute Gasteiger partial charge is 0.412 e. The van der Waals surface area contributed by atoms with E-state index >= 15 is 0 Å². The van der Waals surface area contributed by atoms with Crippen molar-refractivity contribution in [2.45, 2.75) is 6.54 Å². The highest BCUT2D eigenvalue weighted by Gasteiger charge is 2.17. The Hall–Kier alpha value is -3.34. The third kappa shape index (κ3) is 5.33. The molecular weight excluding hydrogens is 390 g/mol. The minimum absolute atomic E-state index is 0.00893. The monoisotopic (exact) mass is 409 g/mol. The second-order valence-electron chi connectivity index (χ2n) is 5.72. The van der Waals surface area contributed by atoms with Crippen molar-refractivity contribution in [3.8, 4) is 11.5 Å². The molecular formula is C17H19N3O7S. The van der Waals surface area contributed by atoms with Crippen LogP contribution in [0.5, 0.6) is 11.5 Å². The number of methoxy groups -OCH3 is 1. The van der Waals surface area contributed by atoms with Crippen LogP contribution in [0, 0.1) is 10.1 Å². The second kappa shape index (κ2) is 8.57. The van der Waals surface area contributed by atoms with Crippen LogP contribution in [-0.2, 0) is 16.6 Å². The molecule has 0 aliphatic carbocycles. The molecule has 0 heterocycles. The average molecular weight is 409 g/mol. The van der Waals surface area contributed by atoms with E-state index in [9.17, 15) is 23.3 Å². The highest BCUT2D eigenvalue weighted by atomic mass is 32.2. The number of non-ortho nitro benzene ring substituents is 1. The predicted molar refractivity (Wildman–Crippen MR) is 102 cm³/mol. The lowest BCUT2D eigenvalue weighted by Gasteiger charge is -2.21. The highest BCUT2D eigenvalue weighted by molar-refractivity contribution is 7.92. The molecule has 0 saturated heterocycles. The van der Waals surface area contributed by atoms with Crippen LogP contribution in [0.2, 0.25) is 0 Å². The topological polar surface area (TPSA) is 128 Å². The van der Waals surface area contributed by atoms with Crippen molar-refractivity contribution in [2.24, 2.45) is 0 Å². The van der Waals surface area contributed by atoms with Gasteiger partial charge in [-0.25, -0.2) is 13.2 Å². The summed E-state index contributed by atoms with van der Waals surface area (Å²) < 4.78 is 35.0. The molecule has 0 spiro atoms. The van der Waals surface area contributed by atoms with Crippen LogP contribution in [0.1, 0.15) is 5.56 Å². The molecule has 0 atom stereocenters. The van der Waals surface area contributed by atoms with Gasteiger partial charge >= 0.3 is 6.09 Å². The van der Waals surface area contributed by atoms with Crippen molar-refractivity contribution in [3.05, 3.63) is 58.1 Å². The zero-order valence-corrected chi connectivity index (χ0v) is 16.2. The molecule has 1 amide bonds. The van der Waals surface area contributed by atoms with Gasteiger partial charge < -0.3 is 14.8 Å². The molecule has 10 nitrogen and oxygen atoms in total. The summed E-state index contributed by atoms with van der Waals surface area (Å²) in [5.41, 5.74) is 0.742. The van der Waals surface area contributed by atoms with E-state index in [0.29, 0.717) is 17.0 Å². The van der Waals surface area contributed by atoms with E-state index in [0.717, 1.165) is 10.6 Å². The summed E-state index contributed by atoms with van der Waals surface area (Å²) in [5, 5.41) is 13.1. The third-order valence-electron chi connectivity index (χ3n) is 3.81. The standard InChI is InChI=1S/C17H19N3O7S/c1-19(28(3,24)25)16-10-15(26-2)7-4-12(16)11-18-17(21)27-14-8-5-13(6-9-14)20(22)23/h4-10H,11H2,1-3H3,(H,18,21). The Morgan fingerprint density at radius 2 is 1.79 bits per heavy atom. The van der Waals surface area contributed by atoms with Crippen LogP contribution in [0.25, 0.3) is 0 Å². The molecule has 11 heteroatoms. The Bertz CT molecular complexity index is 975. The Morgan fingerprint density at radius 3 is 2.32 bits per heavy atom. The molecule has 28 heavy (non-hydrogen) atoms. The maximum atomic E-state index is 12.0. The Balaban J connectivity index is 2.10. The summed E-state index contributed by atoms with van der Waals surface area (Å²) in [6, 6.07) is 9.83.